The number of aromatic nitrogens is 3. The number of halogens is 1. The molecule has 0 bridgehead atoms. The molecule has 2 aromatic heterocycles. The molecule has 0 aliphatic rings. The number of H-pyrrole nitrogens is 2. The highest BCUT2D eigenvalue weighted by Gasteiger charge is 2.14. The summed E-state index contributed by atoms with van der Waals surface area (Å²) in [4.78, 5) is 34.8. The van der Waals surface area contributed by atoms with Crippen molar-refractivity contribution in [2.75, 3.05) is 5.32 Å². The molecule has 0 saturated carbocycles. The molecule has 4 aromatic rings. The Bertz CT molecular complexity index is 1430. The minimum absolute atomic E-state index is 0.0912. The lowest BCUT2D eigenvalue weighted by molar-refractivity contribution is -0.116. The molecule has 2 aromatic carbocycles. The van der Waals surface area contributed by atoms with Crippen LogP contribution < -0.4 is 10.9 Å². The molecule has 0 atom stereocenters. The molecule has 3 N–H and O–H groups in total. The van der Waals surface area contributed by atoms with Gasteiger partial charge in [-0.05, 0) is 67.8 Å². The van der Waals surface area contributed by atoms with Gasteiger partial charge < -0.3 is 15.3 Å². The third-order valence-corrected chi connectivity index (χ3v) is 5.73. The molecule has 0 aliphatic carbocycles. The third-order valence-electron chi connectivity index (χ3n) is 5.43. The number of aromatic amines is 2. The Kier molecular flexibility index (Phi) is 5.80. The average Bonchev–Trinajstić information content (AvgIpc) is 3.20. The maximum Gasteiger partial charge on any atom is 0.266 e. The molecule has 0 aliphatic heterocycles. The van der Waals surface area contributed by atoms with E-state index in [1.165, 1.54) is 0 Å². The van der Waals surface area contributed by atoms with Crippen molar-refractivity contribution in [3.05, 3.63) is 80.2 Å². The average molecular weight is 446 g/mol. The highest BCUT2D eigenvalue weighted by Crippen LogP contribution is 2.26. The van der Waals surface area contributed by atoms with Crippen molar-refractivity contribution in [1.29, 1.82) is 5.26 Å². The van der Waals surface area contributed by atoms with E-state index >= 15 is 0 Å². The zero-order valence-corrected chi connectivity index (χ0v) is 18.3. The molecule has 4 rings (SSSR count). The number of carbonyl (C=O) groups excluding carboxylic acids is 1. The zero-order chi connectivity index (χ0) is 22.8. The molecule has 1 amide bonds. The first-order chi connectivity index (χ1) is 15.4. The van der Waals surface area contributed by atoms with Gasteiger partial charge in [0.25, 0.3) is 5.56 Å². The van der Waals surface area contributed by atoms with Gasteiger partial charge >= 0.3 is 0 Å². The van der Waals surface area contributed by atoms with Crippen molar-refractivity contribution < 1.29 is 4.79 Å². The number of carbonyl (C=O) groups is 1. The SMILES string of the molecule is Cc1[nH]c(=O)c(C#N)c(C)c1CCC(=O)Nc1ccc(-c2nc3c(Cl)cccc3[nH]2)cc1. The molecule has 0 fully saturated rings. The second-order valence-corrected chi connectivity index (χ2v) is 7.92. The summed E-state index contributed by atoms with van der Waals surface area (Å²) in [5.41, 5.74) is 4.92. The normalized spacial score (nSPS) is 10.8. The van der Waals surface area contributed by atoms with E-state index in [0.29, 0.717) is 39.7 Å². The number of nitriles is 1. The summed E-state index contributed by atoms with van der Waals surface area (Å²) in [6, 6.07) is 14.9. The van der Waals surface area contributed by atoms with Gasteiger partial charge in [-0.3, -0.25) is 9.59 Å². The van der Waals surface area contributed by atoms with Gasteiger partial charge in [0.05, 0.1) is 10.5 Å². The van der Waals surface area contributed by atoms with Crippen LogP contribution in [0.4, 0.5) is 5.69 Å². The Balaban J connectivity index is 1.44. The summed E-state index contributed by atoms with van der Waals surface area (Å²) in [7, 11) is 0. The van der Waals surface area contributed by atoms with Gasteiger partial charge in [0.15, 0.2) is 0 Å². The molecule has 160 valence electrons. The first kappa shape index (κ1) is 21.3. The van der Waals surface area contributed by atoms with Crippen molar-refractivity contribution in [3.63, 3.8) is 0 Å². The van der Waals surface area contributed by atoms with Crippen LogP contribution in [0.5, 0.6) is 0 Å². The van der Waals surface area contributed by atoms with E-state index in [1.54, 1.807) is 19.9 Å². The molecule has 0 spiro atoms. The van der Waals surface area contributed by atoms with Gasteiger partial charge in [-0.2, -0.15) is 5.26 Å². The lowest BCUT2D eigenvalue weighted by Crippen LogP contribution is -2.18. The molecule has 7 nitrogen and oxygen atoms in total. The highest BCUT2D eigenvalue weighted by molar-refractivity contribution is 6.35. The predicted molar refractivity (Wildman–Crippen MR) is 125 cm³/mol. The number of pyridine rings is 1. The Morgan fingerprint density at radius 3 is 2.59 bits per heavy atom. The number of nitrogens with zero attached hydrogens (tertiary/aromatic N) is 2. The molecular weight excluding hydrogens is 426 g/mol. The standard InChI is InChI=1S/C24H20ClN5O2/c1-13-17(14(2)27-24(32)18(13)12-26)10-11-21(31)28-16-8-6-15(7-9-16)23-29-20-5-3-4-19(25)22(20)30-23/h3-9H,10-11H2,1-2H3,(H,27,32)(H,28,31)(H,29,30). The lowest BCUT2D eigenvalue weighted by atomic mass is 9.99. The monoisotopic (exact) mass is 445 g/mol. The minimum atomic E-state index is -0.400. The van der Waals surface area contributed by atoms with Crippen molar-refractivity contribution in [1.82, 2.24) is 15.0 Å². The van der Waals surface area contributed by atoms with Gasteiger partial charge in [0.1, 0.15) is 23.0 Å². The number of hydrogen-bond acceptors (Lipinski definition) is 4. The summed E-state index contributed by atoms with van der Waals surface area (Å²) >= 11 is 6.20. The fourth-order valence-corrected chi connectivity index (χ4v) is 3.94. The number of benzene rings is 2. The van der Waals surface area contributed by atoms with Gasteiger partial charge in [0.2, 0.25) is 5.91 Å². The van der Waals surface area contributed by atoms with Gasteiger partial charge in [-0.25, -0.2) is 4.98 Å². The Morgan fingerprint density at radius 1 is 1.16 bits per heavy atom. The van der Waals surface area contributed by atoms with Crippen LogP contribution in [-0.2, 0) is 11.2 Å². The topological polar surface area (TPSA) is 114 Å². The maximum atomic E-state index is 12.5. The third kappa shape index (κ3) is 4.13. The summed E-state index contributed by atoms with van der Waals surface area (Å²) in [5, 5.41) is 12.6. The highest BCUT2D eigenvalue weighted by atomic mass is 35.5. The fourth-order valence-electron chi connectivity index (χ4n) is 3.73. The molecule has 0 unspecified atom stereocenters. The smallest absolute Gasteiger partial charge is 0.266 e. The number of anilines is 1. The number of nitrogens with one attached hydrogen (secondary N) is 3. The molecule has 0 radical (unpaired) electrons. The van der Waals surface area contributed by atoms with Crippen LogP contribution >= 0.6 is 11.6 Å². The predicted octanol–water partition coefficient (Wildman–Crippen LogP) is 4.63. The number of rotatable bonds is 5. The van der Waals surface area contributed by atoms with E-state index in [2.05, 4.69) is 20.3 Å². The molecule has 0 saturated heterocycles. The summed E-state index contributed by atoms with van der Waals surface area (Å²) in [5.74, 6) is 0.542. The second kappa shape index (κ2) is 8.69. The van der Waals surface area contributed by atoms with Crippen LogP contribution in [0.15, 0.2) is 47.3 Å². The van der Waals surface area contributed by atoms with Crippen LogP contribution in [-0.4, -0.2) is 20.9 Å². The van der Waals surface area contributed by atoms with E-state index in [4.69, 9.17) is 11.6 Å². The van der Waals surface area contributed by atoms with E-state index in [9.17, 15) is 14.9 Å². The van der Waals surface area contributed by atoms with Crippen LogP contribution in [0, 0.1) is 25.2 Å². The fraction of sp³-hybridized carbons (Fsp3) is 0.167. The zero-order valence-electron chi connectivity index (χ0n) is 17.5. The molecule has 8 heteroatoms. The minimum Gasteiger partial charge on any atom is -0.338 e. The van der Waals surface area contributed by atoms with Crippen molar-refractivity contribution in [2.24, 2.45) is 0 Å². The van der Waals surface area contributed by atoms with Gasteiger partial charge in [-0.1, -0.05) is 17.7 Å². The number of aryl methyl sites for hydroxylation is 1. The van der Waals surface area contributed by atoms with Crippen molar-refractivity contribution >= 4 is 34.2 Å². The second-order valence-electron chi connectivity index (χ2n) is 7.52. The Labute approximate surface area is 189 Å². The number of imidazole rings is 1. The quantitative estimate of drug-likeness (QED) is 0.415. The summed E-state index contributed by atoms with van der Waals surface area (Å²) < 4.78 is 0. The van der Waals surface area contributed by atoms with E-state index in [-0.39, 0.29) is 17.9 Å². The van der Waals surface area contributed by atoms with Crippen LogP contribution in [0.25, 0.3) is 22.4 Å². The van der Waals surface area contributed by atoms with Crippen molar-refractivity contribution in [2.45, 2.75) is 26.7 Å². The van der Waals surface area contributed by atoms with Crippen LogP contribution in [0.1, 0.15) is 28.8 Å². The first-order valence-electron chi connectivity index (χ1n) is 10.0. The number of hydrogen-bond donors (Lipinski definition) is 3. The number of para-hydroxylation sites is 1. The van der Waals surface area contributed by atoms with Crippen LogP contribution in [0.3, 0.4) is 0 Å². The number of amides is 1. The Hall–Kier alpha value is -3.89. The molecule has 2 heterocycles. The van der Waals surface area contributed by atoms with E-state index in [1.807, 2.05) is 42.5 Å². The number of fused-ring (bicyclic) bond motifs is 1. The Morgan fingerprint density at radius 2 is 1.91 bits per heavy atom. The van der Waals surface area contributed by atoms with Crippen LogP contribution in [0.2, 0.25) is 5.02 Å². The summed E-state index contributed by atoms with van der Waals surface area (Å²) in [6.45, 7) is 3.50. The maximum absolute atomic E-state index is 12.5. The summed E-state index contributed by atoms with van der Waals surface area (Å²) in [6.07, 6.45) is 0.648. The largest absolute Gasteiger partial charge is 0.338 e. The molecule has 32 heavy (non-hydrogen) atoms. The lowest BCUT2D eigenvalue weighted by Gasteiger charge is -2.11. The van der Waals surface area contributed by atoms with Gasteiger partial charge in [0, 0.05) is 23.4 Å². The molecular formula is C24H20ClN5O2. The van der Waals surface area contributed by atoms with Gasteiger partial charge in [-0.15, -0.1) is 0 Å². The van der Waals surface area contributed by atoms with E-state index < -0.39 is 5.56 Å². The first-order valence-corrected chi connectivity index (χ1v) is 10.4. The van der Waals surface area contributed by atoms with Crippen molar-refractivity contribution in [3.8, 4) is 17.5 Å². The van der Waals surface area contributed by atoms with E-state index in [0.717, 1.165) is 16.6 Å².